The lowest BCUT2D eigenvalue weighted by molar-refractivity contribution is -0.114. The monoisotopic (exact) mass is 405 g/mol. The Bertz CT molecular complexity index is 1060. The molecule has 0 aromatic heterocycles. The van der Waals surface area contributed by atoms with Gasteiger partial charge in [-0.25, -0.2) is 0 Å². The summed E-state index contributed by atoms with van der Waals surface area (Å²) in [4.78, 5) is 27.6. The Morgan fingerprint density at radius 2 is 1.70 bits per heavy atom. The van der Waals surface area contributed by atoms with Gasteiger partial charge >= 0.3 is 0 Å². The number of hydrogen-bond donors (Lipinski definition) is 0. The van der Waals surface area contributed by atoms with E-state index in [1.54, 1.807) is 43.4 Å². The van der Waals surface area contributed by atoms with Gasteiger partial charge in [-0.2, -0.15) is 0 Å². The zero-order chi connectivity index (χ0) is 21.3. The van der Waals surface area contributed by atoms with Gasteiger partial charge in [0.2, 0.25) is 5.78 Å². The molecule has 2 aliphatic rings. The van der Waals surface area contributed by atoms with Crippen LogP contribution in [-0.4, -0.2) is 44.5 Å². The summed E-state index contributed by atoms with van der Waals surface area (Å²) in [6, 6.07) is 12.9. The Morgan fingerprint density at radius 1 is 1.00 bits per heavy atom. The third kappa shape index (κ3) is 3.05. The number of ketones is 1. The number of allylic oxidation sites excluding steroid dienone is 1. The average Bonchev–Trinajstić information content (AvgIpc) is 2.80. The van der Waals surface area contributed by atoms with Gasteiger partial charge in [0.25, 0.3) is 5.91 Å². The number of benzene rings is 2. The van der Waals surface area contributed by atoms with Gasteiger partial charge in [0.15, 0.2) is 17.3 Å². The molecule has 1 heterocycles. The van der Waals surface area contributed by atoms with Crippen LogP contribution in [0, 0.1) is 0 Å². The molecule has 6 nitrogen and oxygen atoms in total. The molecule has 1 amide bonds. The number of fused-ring (bicyclic) bond motifs is 2. The summed E-state index contributed by atoms with van der Waals surface area (Å²) in [5.74, 6) is 1.03. The smallest absolute Gasteiger partial charge is 0.255 e. The van der Waals surface area contributed by atoms with E-state index in [1.165, 1.54) is 13.2 Å². The molecule has 2 aromatic carbocycles. The molecule has 0 unspecified atom stereocenters. The molecule has 0 radical (unpaired) electrons. The number of carbonyl (C=O) groups excluding carboxylic acids is 2. The lowest BCUT2D eigenvalue weighted by Crippen LogP contribution is -2.52. The van der Waals surface area contributed by atoms with Crippen LogP contribution >= 0.6 is 0 Å². The second-order valence-corrected chi connectivity index (χ2v) is 7.17. The zero-order valence-electron chi connectivity index (χ0n) is 17.2. The fraction of sp³-hybridized carbons (Fsp3) is 0.250. The second-order valence-electron chi connectivity index (χ2n) is 7.17. The lowest BCUT2D eigenvalue weighted by Gasteiger charge is -2.46. The summed E-state index contributed by atoms with van der Waals surface area (Å²) in [5, 5.41) is 0. The van der Waals surface area contributed by atoms with Crippen molar-refractivity contribution in [1.29, 1.82) is 0 Å². The second kappa shape index (κ2) is 7.71. The predicted molar refractivity (Wildman–Crippen MR) is 112 cm³/mol. The number of nitrogens with zero attached hydrogens (tertiary/aromatic N) is 1. The normalized spacial score (nSPS) is 19.9. The van der Waals surface area contributed by atoms with E-state index in [0.29, 0.717) is 30.0 Å². The zero-order valence-corrected chi connectivity index (χ0v) is 17.2. The highest BCUT2D eigenvalue weighted by atomic mass is 16.5. The molecule has 1 spiro atoms. The van der Waals surface area contributed by atoms with Crippen molar-refractivity contribution in [3.8, 4) is 11.5 Å². The van der Waals surface area contributed by atoms with E-state index in [0.717, 1.165) is 11.1 Å². The number of amides is 1. The first-order chi connectivity index (χ1) is 14.5. The molecule has 0 fully saturated rings. The van der Waals surface area contributed by atoms with Gasteiger partial charge in [0.1, 0.15) is 5.54 Å². The van der Waals surface area contributed by atoms with Crippen molar-refractivity contribution in [1.82, 2.24) is 4.90 Å². The van der Waals surface area contributed by atoms with Gasteiger partial charge in [-0.15, -0.1) is 0 Å². The van der Waals surface area contributed by atoms with Crippen LogP contribution in [0.4, 0.5) is 0 Å². The summed E-state index contributed by atoms with van der Waals surface area (Å²) >= 11 is 0. The highest BCUT2D eigenvalue weighted by molar-refractivity contribution is 6.04. The molecule has 0 bridgehead atoms. The molecule has 0 saturated carbocycles. The summed E-state index contributed by atoms with van der Waals surface area (Å²) in [5.41, 5.74) is 1.49. The fourth-order valence-corrected chi connectivity index (χ4v) is 4.17. The first kappa shape index (κ1) is 19.8. The minimum absolute atomic E-state index is 0.123. The van der Waals surface area contributed by atoms with Crippen LogP contribution in [0.15, 0.2) is 66.5 Å². The first-order valence-corrected chi connectivity index (χ1v) is 9.67. The maximum atomic E-state index is 13.5. The van der Waals surface area contributed by atoms with Gasteiger partial charge < -0.3 is 19.1 Å². The Balaban J connectivity index is 1.94. The van der Waals surface area contributed by atoms with E-state index in [1.807, 2.05) is 30.3 Å². The van der Waals surface area contributed by atoms with E-state index >= 15 is 0 Å². The molecule has 0 N–H and O–H groups in total. The summed E-state index contributed by atoms with van der Waals surface area (Å²) < 4.78 is 16.3. The molecular weight excluding hydrogens is 382 g/mol. The number of hydrogen-bond acceptors (Lipinski definition) is 5. The molecule has 1 aliphatic heterocycles. The summed E-state index contributed by atoms with van der Waals surface area (Å²) in [6.07, 6.45) is 5.60. The predicted octanol–water partition coefficient (Wildman–Crippen LogP) is 3.27. The third-order valence-electron chi connectivity index (χ3n) is 5.66. The van der Waals surface area contributed by atoms with E-state index in [4.69, 9.17) is 14.2 Å². The van der Waals surface area contributed by atoms with Crippen LogP contribution in [0.1, 0.15) is 21.5 Å². The van der Waals surface area contributed by atoms with Crippen LogP contribution in [0.5, 0.6) is 11.5 Å². The van der Waals surface area contributed by atoms with E-state index in [9.17, 15) is 9.59 Å². The SMILES string of the molecule is COC1=C[C@]2(C=CC1=O)c1cc(OC)c(OC)cc1CCN2C(=O)c1ccccc1. The Hall–Kier alpha value is -3.54. The van der Waals surface area contributed by atoms with Crippen molar-refractivity contribution in [2.45, 2.75) is 12.0 Å². The van der Waals surface area contributed by atoms with Gasteiger partial charge in [-0.3, -0.25) is 9.59 Å². The van der Waals surface area contributed by atoms with Crippen LogP contribution < -0.4 is 9.47 Å². The van der Waals surface area contributed by atoms with Crippen molar-refractivity contribution in [2.24, 2.45) is 0 Å². The molecule has 1 atom stereocenters. The van der Waals surface area contributed by atoms with Crippen LogP contribution in [0.3, 0.4) is 0 Å². The quantitative estimate of drug-likeness (QED) is 0.781. The van der Waals surface area contributed by atoms with Crippen molar-refractivity contribution in [3.63, 3.8) is 0 Å². The van der Waals surface area contributed by atoms with Crippen molar-refractivity contribution < 1.29 is 23.8 Å². The molecule has 1 aliphatic carbocycles. The Morgan fingerprint density at radius 3 is 2.37 bits per heavy atom. The highest BCUT2D eigenvalue weighted by Gasteiger charge is 2.45. The van der Waals surface area contributed by atoms with E-state index < -0.39 is 5.54 Å². The number of rotatable bonds is 4. The molecule has 30 heavy (non-hydrogen) atoms. The van der Waals surface area contributed by atoms with Crippen LogP contribution in [0.25, 0.3) is 0 Å². The van der Waals surface area contributed by atoms with Gasteiger partial charge in [0, 0.05) is 12.1 Å². The minimum Gasteiger partial charge on any atom is -0.493 e. The first-order valence-electron chi connectivity index (χ1n) is 9.67. The van der Waals surface area contributed by atoms with Crippen LogP contribution in [0.2, 0.25) is 0 Å². The van der Waals surface area contributed by atoms with Crippen molar-refractivity contribution in [3.05, 3.63) is 83.1 Å². The van der Waals surface area contributed by atoms with E-state index in [-0.39, 0.29) is 17.4 Å². The molecule has 0 saturated heterocycles. The molecule has 2 aromatic rings. The average molecular weight is 405 g/mol. The minimum atomic E-state index is -0.973. The van der Waals surface area contributed by atoms with Gasteiger partial charge in [-0.05, 0) is 60.0 Å². The summed E-state index contributed by atoms with van der Waals surface area (Å²) in [7, 11) is 4.62. The Labute approximate surface area is 175 Å². The van der Waals surface area contributed by atoms with Gasteiger partial charge in [-0.1, -0.05) is 18.2 Å². The van der Waals surface area contributed by atoms with E-state index in [2.05, 4.69) is 0 Å². The Kier molecular flexibility index (Phi) is 5.08. The fourth-order valence-electron chi connectivity index (χ4n) is 4.17. The van der Waals surface area contributed by atoms with Crippen molar-refractivity contribution >= 4 is 11.7 Å². The number of ether oxygens (including phenoxy) is 3. The molecule has 154 valence electrons. The van der Waals surface area contributed by atoms with Crippen molar-refractivity contribution in [2.75, 3.05) is 27.9 Å². The highest BCUT2D eigenvalue weighted by Crippen LogP contribution is 2.45. The topological polar surface area (TPSA) is 65.1 Å². The maximum Gasteiger partial charge on any atom is 0.255 e. The third-order valence-corrected chi connectivity index (χ3v) is 5.66. The lowest BCUT2D eigenvalue weighted by atomic mass is 9.77. The maximum absolute atomic E-state index is 13.5. The van der Waals surface area contributed by atoms with Crippen LogP contribution in [-0.2, 0) is 21.5 Å². The van der Waals surface area contributed by atoms with Gasteiger partial charge in [0.05, 0.1) is 21.3 Å². The summed E-state index contributed by atoms with van der Waals surface area (Å²) in [6.45, 7) is 0.474. The number of carbonyl (C=O) groups is 2. The number of methoxy groups -OCH3 is 3. The molecule has 6 heteroatoms. The standard InChI is InChI=1S/C24H23NO5/c1-28-20-13-17-10-12-25(23(27)16-7-5-4-6-8-16)24(18(17)14-21(20)29-2)11-9-19(26)22(15-24)30-3/h4-9,11,13-15H,10,12H2,1-3H3/t24-/m1/s1. The largest absolute Gasteiger partial charge is 0.493 e. The molecule has 4 rings (SSSR count). The molecular formula is C24H23NO5.